The summed E-state index contributed by atoms with van der Waals surface area (Å²) < 4.78 is 6.06. The van der Waals surface area contributed by atoms with Gasteiger partial charge in [-0.25, -0.2) is 4.79 Å². The van der Waals surface area contributed by atoms with Gasteiger partial charge in [-0.1, -0.05) is 34.1 Å². The number of carbonyl (C=O) groups is 1. The first-order chi connectivity index (χ1) is 12.5. The molecular weight excluding hydrogens is 394 g/mol. The van der Waals surface area contributed by atoms with Crippen LogP contribution in [0.15, 0.2) is 40.4 Å². The van der Waals surface area contributed by atoms with Gasteiger partial charge in [-0.2, -0.15) is 10.5 Å². The van der Waals surface area contributed by atoms with Gasteiger partial charge in [0.25, 0.3) is 0 Å². The van der Waals surface area contributed by atoms with E-state index in [1.54, 1.807) is 6.92 Å². The van der Waals surface area contributed by atoms with Crippen LogP contribution in [0.5, 0.6) is 0 Å². The lowest BCUT2D eigenvalue weighted by Crippen LogP contribution is -2.49. The summed E-state index contributed by atoms with van der Waals surface area (Å²) in [5.74, 6) is -1.99. The molecule has 2 aliphatic rings. The largest absolute Gasteiger partial charge is 0.464 e. The Hall–Kier alpha value is -2.44. The molecular formula is C20H18BrN3O2. The Morgan fingerprint density at radius 1 is 1.35 bits per heavy atom. The van der Waals surface area contributed by atoms with Crippen molar-refractivity contribution < 1.29 is 9.53 Å². The first kappa shape index (κ1) is 18.4. The zero-order valence-electron chi connectivity index (χ0n) is 14.3. The van der Waals surface area contributed by atoms with Crippen molar-refractivity contribution in [3.8, 4) is 12.1 Å². The number of esters is 1. The van der Waals surface area contributed by atoms with Crippen LogP contribution in [-0.2, 0) is 9.53 Å². The molecule has 0 heterocycles. The molecule has 1 fully saturated rings. The Morgan fingerprint density at radius 3 is 2.50 bits per heavy atom. The third-order valence-corrected chi connectivity index (χ3v) is 5.58. The third-order valence-electron chi connectivity index (χ3n) is 5.05. The monoisotopic (exact) mass is 411 g/mol. The predicted molar refractivity (Wildman–Crippen MR) is 99.2 cm³/mol. The molecule has 0 aromatic heterocycles. The predicted octanol–water partition coefficient (Wildman–Crippen LogP) is 4.12. The Labute approximate surface area is 160 Å². The van der Waals surface area contributed by atoms with E-state index in [1.165, 1.54) is 0 Å². The van der Waals surface area contributed by atoms with E-state index in [0.717, 1.165) is 28.5 Å². The van der Waals surface area contributed by atoms with E-state index in [-0.39, 0.29) is 18.2 Å². The normalized spacial score (nSPS) is 27.8. The molecule has 2 aliphatic carbocycles. The van der Waals surface area contributed by atoms with Gasteiger partial charge in [0, 0.05) is 10.4 Å². The Morgan fingerprint density at radius 2 is 2.00 bits per heavy atom. The number of nitriles is 2. The second-order valence-electron chi connectivity index (χ2n) is 6.59. The summed E-state index contributed by atoms with van der Waals surface area (Å²) in [6.45, 7) is 1.77. The number of halogens is 1. The van der Waals surface area contributed by atoms with Gasteiger partial charge in [0.1, 0.15) is 5.92 Å². The standard InChI is InChI=1S/C20H18BrN3O2/c1-2-26-19(25)20(11-23)17(13-5-7-14(21)8-6-13)9-15(12-3-4-12)16(10-22)18(20)24/h5-9,12,16-17,24H,2-4H2,1H3/t16-,17-,20-/m0/s1. The highest BCUT2D eigenvalue weighted by atomic mass is 79.9. The zero-order valence-corrected chi connectivity index (χ0v) is 15.9. The second kappa shape index (κ2) is 7.05. The fraction of sp³-hybridized carbons (Fsp3) is 0.400. The van der Waals surface area contributed by atoms with Crippen molar-refractivity contribution in [2.75, 3.05) is 6.61 Å². The molecule has 0 unspecified atom stereocenters. The van der Waals surface area contributed by atoms with Crippen molar-refractivity contribution in [1.82, 2.24) is 0 Å². The van der Waals surface area contributed by atoms with Gasteiger partial charge in [0.05, 0.1) is 24.5 Å². The second-order valence-corrected chi connectivity index (χ2v) is 7.50. The molecule has 0 bridgehead atoms. The number of benzene rings is 1. The van der Waals surface area contributed by atoms with Gasteiger partial charge < -0.3 is 10.1 Å². The molecule has 0 radical (unpaired) electrons. The topological polar surface area (TPSA) is 97.7 Å². The number of ether oxygens (including phenoxy) is 1. The molecule has 5 nitrogen and oxygen atoms in total. The lowest BCUT2D eigenvalue weighted by molar-refractivity contribution is -0.149. The van der Waals surface area contributed by atoms with Gasteiger partial charge in [0.2, 0.25) is 5.41 Å². The Kier molecular flexibility index (Phi) is 4.98. The molecule has 3 rings (SSSR count). The fourth-order valence-electron chi connectivity index (χ4n) is 3.58. The van der Waals surface area contributed by atoms with Gasteiger partial charge in [-0.15, -0.1) is 0 Å². The molecule has 0 amide bonds. The molecule has 1 N–H and O–H groups in total. The first-order valence-electron chi connectivity index (χ1n) is 8.53. The number of hydrogen-bond acceptors (Lipinski definition) is 5. The van der Waals surface area contributed by atoms with Crippen LogP contribution < -0.4 is 0 Å². The van der Waals surface area contributed by atoms with Crippen molar-refractivity contribution in [3.63, 3.8) is 0 Å². The Bertz CT molecular complexity index is 859. The first-order valence-corrected chi connectivity index (χ1v) is 9.33. The minimum atomic E-state index is -1.82. The van der Waals surface area contributed by atoms with E-state index in [4.69, 9.17) is 10.1 Å². The molecule has 0 spiro atoms. The highest BCUT2D eigenvalue weighted by molar-refractivity contribution is 9.10. The maximum atomic E-state index is 12.8. The van der Waals surface area contributed by atoms with Crippen LogP contribution in [0, 0.1) is 45.3 Å². The molecule has 26 heavy (non-hydrogen) atoms. The minimum absolute atomic E-state index is 0.110. The van der Waals surface area contributed by atoms with Crippen LogP contribution in [0.25, 0.3) is 0 Å². The van der Waals surface area contributed by atoms with E-state index in [1.807, 2.05) is 30.3 Å². The van der Waals surface area contributed by atoms with Gasteiger partial charge in [-0.05, 0) is 49.0 Å². The molecule has 1 saturated carbocycles. The summed E-state index contributed by atoms with van der Waals surface area (Å²) in [5, 5.41) is 28.3. The smallest absolute Gasteiger partial charge is 0.333 e. The van der Waals surface area contributed by atoms with E-state index in [2.05, 4.69) is 28.1 Å². The number of allylic oxidation sites excluding steroid dienone is 2. The lowest BCUT2D eigenvalue weighted by atomic mass is 9.60. The number of rotatable bonds is 4. The SMILES string of the molecule is CCOC(=O)[C@]1(C#N)C(=N)[C@@H](C#N)C(C2CC2)=C[C@H]1c1ccc(Br)cc1. The zero-order chi connectivity index (χ0) is 18.9. The fourth-order valence-corrected chi connectivity index (χ4v) is 3.84. The highest BCUT2D eigenvalue weighted by Gasteiger charge is 2.57. The number of hydrogen-bond donors (Lipinski definition) is 1. The van der Waals surface area contributed by atoms with E-state index in [9.17, 15) is 15.3 Å². The molecule has 6 heteroatoms. The van der Waals surface area contributed by atoms with Crippen LogP contribution in [0.1, 0.15) is 31.2 Å². The van der Waals surface area contributed by atoms with E-state index >= 15 is 0 Å². The quantitative estimate of drug-likeness (QED) is 0.594. The molecule has 1 aromatic rings. The lowest BCUT2D eigenvalue weighted by Gasteiger charge is -2.38. The van der Waals surface area contributed by atoms with Crippen molar-refractivity contribution in [2.45, 2.75) is 25.7 Å². The van der Waals surface area contributed by atoms with Crippen molar-refractivity contribution in [3.05, 3.63) is 46.0 Å². The number of nitrogens with one attached hydrogen (secondary N) is 1. The number of nitrogens with zero attached hydrogens (tertiary/aromatic N) is 2. The van der Waals surface area contributed by atoms with E-state index in [0.29, 0.717) is 0 Å². The maximum absolute atomic E-state index is 12.8. The van der Waals surface area contributed by atoms with Crippen LogP contribution in [0.4, 0.5) is 0 Å². The van der Waals surface area contributed by atoms with Crippen LogP contribution >= 0.6 is 15.9 Å². The average molecular weight is 412 g/mol. The van der Waals surface area contributed by atoms with Crippen molar-refractivity contribution in [1.29, 1.82) is 15.9 Å². The van der Waals surface area contributed by atoms with Gasteiger partial charge in [0.15, 0.2) is 0 Å². The van der Waals surface area contributed by atoms with Crippen LogP contribution in [0.2, 0.25) is 0 Å². The highest BCUT2D eigenvalue weighted by Crippen LogP contribution is 2.52. The molecule has 0 aliphatic heterocycles. The molecule has 132 valence electrons. The third kappa shape index (κ3) is 2.85. The summed E-state index contributed by atoms with van der Waals surface area (Å²) in [6, 6.07) is 11.5. The van der Waals surface area contributed by atoms with Gasteiger partial charge in [-0.3, -0.25) is 0 Å². The average Bonchev–Trinajstić information content (AvgIpc) is 3.47. The molecule has 0 saturated heterocycles. The summed E-state index contributed by atoms with van der Waals surface area (Å²) in [6.07, 6.45) is 3.82. The Balaban J connectivity index is 2.22. The number of carbonyl (C=O) groups excluding carboxylic acids is 1. The molecule has 3 atom stereocenters. The summed E-state index contributed by atoms with van der Waals surface area (Å²) >= 11 is 3.39. The van der Waals surface area contributed by atoms with Crippen LogP contribution in [0.3, 0.4) is 0 Å². The van der Waals surface area contributed by atoms with Crippen molar-refractivity contribution in [2.24, 2.45) is 17.3 Å². The van der Waals surface area contributed by atoms with Crippen molar-refractivity contribution >= 4 is 27.6 Å². The van der Waals surface area contributed by atoms with Crippen LogP contribution in [-0.4, -0.2) is 18.3 Å². The maximum Gasteiger partial charge on any atom is 0.333 e. The summed E-state index contributed by atoms with van der Waals surface area (Å²) in [4.78, 5) is 12.8. The van der Waals surface area contributed by atoms with Gasteiger partial charge >= 0.3 is 5.97 Å². The summed E-state index contributed by atoms with van der Waals surface area (Å²) in [7, 11) is 0. The summed E-state index contributed by atoms with van der Waals surface area (Å²) in [5.41, 5.74) is -0.372. The molecule has 1 aromatic carbocycles. The minimum Gasteiger partial charge on any atom is -0.464 e. The van der Waals surface area contributed by atoms with E-state index < -0.39 is 23.2 Å².